The second-order valence-corrected chi connectivity index (χ2v) is 12.5. The first-order chi connectivity index (χ1) is 24.4. The molecule has 0 aliphatic carbocycles. The van der Waals surface area contributed by atoms with E-state index in [0.29, 0.717) is 80.9 Å². The molecule has 3 amide bonds. The van der Waals surface area contributed by atoms with Gasteiger partial charge < -0.3 is 29.5 Å². The minimum absolute atomic E-state index is 0.0358. The minimum Gasteiger partial charge on any atom is -0.445 e. The smallest absolute Gasteiger partial charge is 0.410 e. The average molecular weight is 685 g/mol. The number of ether oxygens (including phenoxy) is 2. The Labute approximate surface area is 289 Å². The molecule has 2 fully saturated rings. The summed E-state index contributed by atoms with van der Waals surface area (Å²) >= 11 is 0. The van der Waals surface area contributed by atoms with Crippen LogP contribution in [0.3, 0.4) is 0 Å². The number of carbonyl (C=O) groups is 3. The molecular formula is C37H41FN6O6. The van der Waals surface area contributed by atoms with Gasteiger partial charge in [0.05, 0.1) is 35.9 Å². The van der Waals surface area contributed by atoms with Crippen LogP contribution in [0.2, 0.25) is 0 Å². The van der Waals surface area contributed by atoms with Crippen LogP contribution in [0.1, 0.15) is 40.0 Å². The van der Waals surface area contributed by atoms with Crippen molar-refractivity contribution in [2.24, 2.45) is 0 Å². The summed E-state index contributed by atoms with van der Waals surface area (Å²) in [6.45, 7) is 3.78. The number of amides is 3. The van der Waals surface area contributed by atoms with Crippen LogP contribution in [0.4, 0.5) is 9.18 Å². The predicted octanol–water partition coefficient (Wildman–Crippen LogP) is 3.34. The Morgan fingerprint density at radius 2 is 1.54 bits per heavy atom. The second kappa shape index (κ2) is 16.5. The van der Waals surface area contributed by atoms with Crippen molar-refractivity contribution < 1.29 is 28.2 Å². The molecule has 1 aromatic heterocycles. The van der Waals surface area contributed by atoms with E-state index in [2.05, 4.69) is 15.5 Å². The third kappa shape index (κ3) is 8.71. The van der Waals surface area contributed by atoms with Crippen LogP contribution in [-0.4, -0.2) is 108 Å². The standard InChI is InChI=1S/C37H41FN6O6/c38-32-11-10-27(23-33-29-8-4-5-9-30(29)35(46)41-40-33)22-31(32)36(47)43-19-17-42(18-20-43)34(45)24-39-14-21-49-28-12-15-44(16-13-28)37(48)50-25-26-6-2-1-3-7-26/h1-11,22,28,39H,12-21,23-25H2,(H,41,46). The summed E-state index contributed by atoms with van der Waals surface area (Å²) in [5, 5.41) is 11.1. The Morgan fingerprint density at radius 1 is 0.840 bits per heavy atom. The molecule has 3 heterocycles. The molecule has 0 saturated carbocycles. The van der Waals surface area contributed by atoms with Crippen molar-refractivity contribution >= 4 is 28.7 Å². The van der Waals surface area contributed by atoms with E-state index in [1.165, 1.54) is 12.1 Å². The molecule has 4 aromatic rings. The van der Waals surface area contributed by atoms with E-state index in [0.717, 1.165) is 18.4 Å². The topological polar surface area (TPSA) is 137 Å². The van der Waals surface area contributed by atoms with Crippen LogP contribution in [-0.2, 0) is 27.3 Å². The number of piperazine rings is 1. The largest absolute Gasteiger partial charge is 0.445 e. The average Bonchev–Trinajstić information content (AvgIpc) is 3.16. The lowest BCUT2D eigenvalue weighted by Gasteiger charge is -2.35. The normalized spacial score (nSPS) is 15.3. The van der Waals surface area contributed by atoms with Gasteiger partial charge in [0.1, 0.15) is 12.4 Å². The lowest BCUT2D eigenvalue weighted by molar-refractivity contribution is -0.131. The highest BCUT2D eigenvalue weighted by atomic mass is 19.1. The Kier molecular flexibility index (Phi) is 11.5. The number of aromatic amines is 1. The van der Waals surface area contributed by atoms with E-state index in [-0.39, 0.29) is 42.4 Å². The van der Waals surface area contributed by atoms with Crippen molar-refractivity contribution in [2.45, 2.75) is 32.0 Å². The summed E-state index contributed by atoms with van der Waals surface area (Å²) in [6.07, 6.45) is 1.48. The van der Waals surface area contributed by atoms with E-state index in [9.17, 15) is 23.6 Å². The van der Waals surface area contributed by atoms with Crippen LogP contribution < -0.4 is 10.9 Å². The fraction of sp³-hybridized carbons (Fsp3) is 0.378. The number of hydrogen-bond acceptors (Lipinski definition) is 8. The fourth-order valence-electron chi connectivity index (χ4n) is 6.30. The number of fused-ring (bicyclic) bond motifs is 1. The zero-order valence-corrected chi connectivity index (χ0v) is 27.8. The fourth-order valence-corrected chi connectivity index (χ4v) is 6.30. The molecule has 0 bridgehead atoms. The number of piperidine rings is 1. The number of likely N-dealkylation sites (tertiary alicyclic amines) is 1. The molecule has 50 heavy (non-hydrogen) atoms. The number of aromatic nitrogens is 2. The molecule has 0 atom stereocenters. The van der Waals surface area contributed by atoms with Crippen LogP contribution >= 0.6 is 0 Å². The Bertz CT molecular complexity index is 1850. The Balaban J connectivity index is 0.885. The molecule has 0 unspecified atom stereocenters. The molecule has 2 N–H and O–H groups in total. The van der Waals surface area contributed by atoms with Crippen molar-refractivity contribution in [3.63, 3.8) is 0 Å². The SMILES string of the molecule is O=C(CNCCOC1CCN(C(=O)OCc2ccccc2)CC1)N1CCN(C(=O)c2cc(Cc3n[nH]c(=O)c4ccccc34)ccc2F)CC1. The number of H-pyrrole nitrogens is 1. The molecular weight excluding hydrogens is 643 g/mol. The Morgan fingerprint density at radius 3 is 2.30 bits per heavy atom. The van der Waals surface area contributed by atoms with Crippen LogP contribution in [0.15, 0.2) is 77.6 Å². The molecule has 6 rings (SSSR count). The molecule has 0 radical (unpaired) electrons. The van der Waals surface area contributed by atoms with Crippen molar-refractivity contribution in [1.82, 2.24) is 30.2 Å². The van der Waals surface area contributed by atoms with Gasteiger partial charge in [-0.2, -0.15) is 5.10 Å². The minimum atomic E-state index is -0.616. The lowest BCUT2D eigenvalue weighted by atomic mass is 10.0. The third-order valence-corrected chi connectivity index (χ3v) is 9.14. The number of rotatable bonds is 11. The van der Waals surface area contributed by atoms with Crippen molar-refractivity contribution in [3.05, 3.63) is 111 Å². The first-order valence-corrected chi connectivity index (χ1v) is 17.0. The van der Waals surface area contributed by atoms with Gasteiger partial charge in [-0.05, 0) is 42.2 Å². The van der Waals surface area contributed by atoms with E-state index >= 15 is 0 Å². The maximum Gasteiger partial charge on any atom is 0.410 e. The number of halogens is 1. The van der Waals surface area contributed by atoms with Gasteiger partial charge in [0.15, 0.2) is 0 Å². The zero-order valence-electron chi connectivity index (χ0n) is 27.8. The van der Waals surface area contributed by atoms with E-state index < -0.39 is 11.7 Å². The highest BCUT2D eigenvalue weighted by Crippen LogP contribution is 2.20. The maximum atomic E-state index is 14.9. The van der Waals surface area contributed by atoms with Crippen molar-refractivity contribution in [2.75, 3.05) is 59.0 Å². The monoisotopic (exact) mass is 684 g/mol. The summed E-state index contributed by atoms with van der Waals surface area (Å²) < 4.78 is 26.3. The first-order valence-electron chi connectivity index (χ1n) is 17.0. The number of nitrogens with one attached hydrogen (secondary N) is 2. The summed E-state index contributed by atoms with van der Waals surface area (Å²) in [5.74, 6) is -1.12. The molecule has 3 aromatic carbocycles. The highest BCUT2D eigenvalue weighted by Gasteiger charge is 2.27. The first kappa shape index (κ1) is 34.7. The molecule has 0 spiro atoms. The van der Waals surface area contributed by atoms with Crippen LogP contribution in [0.25, 0.3) is 10.8 Å². The predicted molar refractivity (Wildman–Crippen MR) is 184 cm³/mol. The molecule has 12 nitrogen and oxygen atoms in total. The number of nitrogens with zero attached hydrogens (tertiary/aromatic N) is 4. The van der Waals surface area contributed by atoms with Crippen molar-refractivity contribution in [3.8, 4) is 0 Å². The molecule has 2 aliphatic rings. The number of benzene rings is 3. The molecule has 2 aliphatic heterocycles. The Hall–Kier alpha value is -5.14. The third-order valence-electron chi connectivity index (χ3n) is 9.14. The van der Waals surface area contributed by atoms with Gasteiger partial charge >= 0.3 is 6.09 Å². The second-order valence-electron chi connectivity index (χ2n) is 12.5. The summed E-state index contributed by atoms with van der Waals surface area (Å²) in [5.41, 5.74) is 1.94. The molecule has 13 heteroatoms. The van der Waals surface area contributed by atoms with Gasteiger partial charge in [-0.1, -0.05) is 54.6 Å². The van der Waals surface area contributed by atoms with Gasteiger partial charge in [-0.15, -0.1) is 0 Å². The van der Waals surface area contributed by atoms with Crippen LogP contribution in [0, 0.1) is 5.82 Å². The van der Waals surface area contributed by atoms with Gasteiger partial charge in [-0.25, -0.2) is 14.3 Å². The van der Waals surface area contributed by atoms with E-state index in [1.54, 1.807) is 32.9 Å². The molecule has 2 saturated heterocycles. The quantitative estimate of drug-likeness (QED) is 0.230. The highest BCUT2D eigenvalue weighted by molar-refractivity contribution is 5.95. The van der Waals surface area contributed by atoms with E-state index in [1.807, 2.05) is 42.5 Å². The van der Waals surface area contributed by atoms with Crippen LogP contribution in [0.5, 0.6) is 0 Å². The van der Waals surface area contributed by atoms with Gasteiger partial charge in [-0.3, -0.25) is 14.4 Å². The van der Waals surface area contributed by atoms with Crippen molar-refractivity contribution in [1.29, 1.82) is 0 Å². The molecule has 262 valence electrons. The lowest BCUT2D eigenvalue weighted by Crippen LogP contribution is -2.52. The number of hydrogen-bond donors (Lipinski definition) is 2. The zero-order chi connectivity index (χ0) is 34.9. The van der Waals surface area contributed by atoms with E-state index in [4.69, 9.17) is 9.47 Å². The number of carbonyl (C=O) groups excluding carboxylic acids is 3. The maximum absolute atomic E-state index is 14.9. The van der Waals surface area contributed by atoms with Gasteiger partial charge in [0.2, 0.25) is 5.91 Å². The van der Waals surface area contributed by atoms with Gasteiger partial charge in [0, 0.05) is 57.6 Å². The summed E-state index contributed by atoms with van der Waals surface area (Å²) in [6, 6.07) is 21.1. The van der Waals surface area contributed by atoms with Gasteiger partial charge in [0.25, 0.3) is 11.5 Å². The summed E-state index contributed by atoms with van der Waals surface area (Å²) in [4.78, 5) is 55.7. The summed E-state index contributed by atoms with van der Waals surface area (Å²) in [7, 11) is 0.